The lowest BCUT2D eigenvalue weighted by molar-refractivity contribution is 0.667. The highest BCUT2D eigenvalue weighted by Crippen LogP contribution is 2.37. The molecular weight excluding hydrogens is 342 g/mol. The summed E-state index contributed by atoms with van der Waals surface area (Å²) in [5.41, 5.74) is 8.84. The van der Waals surface area contributed by atoms with E-state index in [4.69, 9.17) is 0 Å². The van der Waals surface area contributed by atoms with E-state index in [2.05, 4.69) is 77.8 Å². The highest BCUT2D eigenvalue weighted by atomic mass is 28.3. The smallest absolute Gasteiger partial charge is 0.101 e. The Hall–Kier alpha value is -2.58. The van der Waals surface area contributed by atoms with Gasteiger partial charge >= 0.3 is 0 Å². The minimum atomic E-state index is -1.06. The third-order valence-corrected chi connectivity index (χ3v) is 9.49. The van der Waals surface area contributed by atoms with Crippen molar-refractivity contribution in [2.24, 2.45) is 0 Å². The first-order chi connectivity index (χ1) is 13.3. The molecule has 2 heterocycles. The van der Waals surface area contributed by atoms with E-state index in [9.17, 15) is 0 Å². The van der Waals surface area contributed by atoms with Crippen LogP contribution >= 0.6 is 0 Å². The number of para-hydroxylation sites is 1. The molecule has 1 atom stereocenters. The van der Waals surface area contributed by atoms with Crippen LogP contribution in [-0.2, 0) is 12.8 Å². The van der Waals surface area contributed by atoms with E-state index in [1.807, 2.05) is 0 Å². The van der Waals surface area contributed by atoms with E-state index in [1.54, 1.807) is 21.6 Å². The zero-order valence-electron chi connectivity index (χ0n) is 15.7. The van der Waals surface area contributed by atoms with E-state index in [0.29, 0.717) is 0 Å². The first-order valence-corrected chi connectivity index (χ1v) is 12.5. The standard InChI is InChI=1S/C25H23NSi/c1-27-24-14-8-6-12-19(24)21-15-23-20(16-25(21)27)18-11-5-7-13-22(18)26(23)17-9-3-2-4-10-17/h2-4,6,8-10,12,14-16,27H,5,7,11,13H2,1H3. The predicted molar refractivity (Wildman–Crippen MR) is 118 cm³/mol. The maximum Gasteiger partial charge on any atom is 0.101 e. The number of aromatic nitrogens is 1. The van der Waals surface area contributed by atoms with Crippen LogP contribution < -0.4 is 10.4 Å². The lowest BCUT2D eigenvalue weighted by Crippen LogP contribution is -2.34. The number of rotatable bonds is 1. The fraction of sp³-hybridized carbons (Fsp3) is 0.200. The van der Waals surface area contributed by atoms with Gasteiger partial charge in [-0.2, -0.15) is 0 Å². The Kier molecular flexibility index (Phi) is 3.27. The monoisotopic (exact) mass is 365 g/mol. The average Bonchev–Trinajstić information content (AvgIpc) is 3.20. The topological polar surface area (TPSA) is 4.93 Å². The van der Waals surface area contributed by atoms with Crippen molar-refractivity contribution in [1.82, 2.24) is 4.57 Å². The fourth-order valence-corrected chi connectivity index (χ4v) is 7.93. The van der Waals surface area contributed by atoms with Crippen molar-refractivity contribution >= 4 is 30.1 Å². The first-order valence-electron chi connectivity index (χ1n) is 10.2. The zero-order valence-corrected chi connectivity index (χ0v) is 16.9. The lowest BCUT2D eigenvalue weighted by Gasteiger charge is -2.16. The van der Waals surface area contributed by atoms with Gasteiger partial charge in [-0.05, 0) is 65.8 Å². The molecule has 4 aromatic rings. The van der Waals surface area contributed by atoms with Crippen LogP contribution in [0.25, 0.3) is 27.7 Å². The van der Waals surface area contributed by atoms with Crippen LogP contribution in [0.15, 0.2) is 66.7 Å². The molecule has 2 heteroatoms. The van der Waals surface area contributed by atoms with E-state index >= 15 is 0 Å². The van der Waals surface area contributed by atoms with E-state index < -0.39 is 8.80 Å². The van der Waals surface area contributed by atoms with Crippen LogP contribution in [0.3, 0.4) is 0 Å². The molecule has 6 rings (SSSR count). The second kappa shape index (κ2) is 5.70. The zero-order chi connectivity index (χ0) is 18.0. The third-order valence-electron chi connectivity index (χ3n) is 6.64. The van der Waals surface area contributed by atoms with Gasteiger partial charge in [0.05, 0.1) is 5.52 Å². The second-order valence-corrected chi connectivity index (χ2v) is 10.8. The van der Waals surface area contributed by atoms with Crippen LogP contribution in [0.4, 0.5) is 0 Å². The van der Waals surface area contributed by atoms with E-state index in [0.717, 1.165) is 0 Å². The Bertz CT molecular complexity index is 1190. The molecule has 132 valence electrons. The third kappa shape index (κ3) is 2.11. The van der Waals surface area contributed by atoms with Crippen molar-refractivity contribution in [3.63, 3.8) is 0 Å². The summed E-state index contributed by atoms with van der Waals surface area (Å²) < 4.78 is 2.55. The average molecular weight is 366 g/mol. The Morgan fingerprint density at radius 2 is 1.56 bits per heavy atom. The van der Waals surface area contributed by atoms with Crippen molar-refractivity contribution in [3.05, 3.63) is 78.0 Å². The molecule has 0 saturated carbocycles. The molecule has 0 spiro atoms. The largest absolute Gasteiger partial charge is 0.313 e. The molecule has 0 amide bonds. The molecule has 1 nitrogen and oxygen atoms in total. The molecule has 1 aliphatic heterocycles. The maximum atomic E-state index is 2.57. The quantitative estimate of drug-likeness (QED) is 0.439. The minimum Gasteiger partial charge on any atom is -0.313 e. The van der Waals surface area contributed by atoms with Gasteiger partial charge in [0.25, 0.3) is 0 Å². The number of benzene rings is 3. The molecule has 1 unspecified atom stereocenters. The van der Waals surface area contributed by atoms with Crippen LogP contribution in [0.2, 0.25) is 6.55 Å². The molecule has 2 aliphatic rings. The first kappa shape index (κ1) is 15.5. The SMILES string of the molecule is C[SiH]1c2ccccc2-c2cc3c(cc21)c1c(n3-c2ccccc2)CCCC1. The van der Waals surface area contributed by atoms with Crippen molar-refractivity contribution in [1.29, 1.82) is 0 Å². The Balaban J connectivity index is 1.72. The van der Waals surface area contributed by atoms with Crippen LogP contribution in [-0.4, -0.2) is 13.4 Å². The second-order valence-electron chi connectivity index (χ2n) is 8.07. The Labute approximate surface area is 161 Å². The van der Waals surface area contributed by atoms with Crippen LogP contribution in [0.5, 0.6) is 0 Å². The van der Waals surface area contributed by atoms with Gasteiger partial charge in [0.15, 0.2) is 0 Å². The number of fused-ring (bicyclic) bond motifs is 6. The Morgan fingerprint density at radius 3 is 2.44 bits per heavy atom. The Morgan fingerprint density at radius 1 is 0.778 bits per heavy atom. The predicted octanol–water partition coefficient (Wildman–Crippen LogP) is 4.46. The summed E-state index contributed by atoms with van der Waals surface area (Å²) in [5.74, 6) is 0. The highest BCUT2D eigenvalue weighted by Gasteiger charge is 2.29. The number of hydrogen-bond acceptors (Lipinski definition) is 0. The molecule has 0 bridgehead atoms. The van der Waals surface area contributed by atoms with Gasteiger partial charge in [0, 0.05) is 16.8 Å². The van der Waals surface area contributed by atoms with Crippen molar-refractivity contribution in [3.8, 4) is 16.8 Å². The van der Waals surface area contributed by atoms with Crippen molar-refractivity contribution in [2.45, 2.75) is 32.2 Å². The van der Waals surface area contributed by atoms with Gasteiger partial charge in [0.1, 0.15) is 8.80 Å². The molecule has 0 fully saturated rings. The summed E-state index contributed by atoms with van der Waals surface area (Å²) in [6.45, 7) is 2.50. The fourth-order valence-electron chi connectivity index (χ4n) is 5.35. The van der Waals surface area contributed by atoms with Crippen molar-refractivity contribution < 1.29 is 0 Å². The summed E-state index contributed by atoms with van der Waals surface area (Å²) in [7, 11) is -1.06. The van der Waals surface area contributed by atoms with E-state index in [-0.39, 0.29) is 0 Å². The molecule has 0 radical (unpaired) electrons. The summed E-state index contributed by atoms with van der Waals surface area (Å²) >= 11 is 0. The molecular formula is C25H23NSi. The summed E-state index contributed by atoms with van der Waals surface area (Å²) in [5, 5.41) is 4.77. The summed E-state index contributed by atoms with van der Waals surface area (Å²) in [4.78, 5) is 0. The summed E-state index contributed by atoms with van der Waals surface area (Å²) in [6.07, 6.45) is 5.07. The maximum absolute atomic E-state index is 2.57. The number of hydrogen-bond donors (Lipinski definition) is 0. The number of nitrogens with zero attached hydrogens (tertiary/aromatic N) is 1. The molecule has 1 aromatic heterocycles. The lowest BCUT2D eigenvalue weighted by atomic mass is 9.95. The molecule has 1 aliphatic carbocycles. The molecule has 0 N–H and O–H groups in total. The molecule has 3 aromatic carbocycles. The highest BCUT2D eigenvalue weighted by molar-refractivity contribution is 6.88. The van der Waals surface area contributed by atoms with Gasteiger partial charge in [-0.25, -0.2) is 0 Å². The van der Waals surface area contributed by atoms with Gasteiger partial charge in [-0.15, -0.1) is 0 Å². The normalized spacial score (nSPS) is 17.6. The minimum absolute atomic E-state index is 1.06. The van der Waals surface area contributed by atoms with Gasteiger partial charge in [-0.3, -0.25) is 0 Å². The van der Waals surface area contributed by atoms with Gasteiger partial charge in [-0.1, -0.05) is 60.3 Å². The van der Waals surface area contributed by atoms with Crippen molar-refractivity contribution in [2.75, 3.05) is 0 Å². The van der Waals surface area contributed by atoms with Crippen LogP contribution in [0.1, 0.15) is 24.1 Å². The molecule has 0 saturated heterocycles. The molecule has 27 heavy (non-hydrogen) atoms. The van der Waals surface area contributed by atoms with Gasteiger partial charge in [0.2, 0.25) is 0 Å². The summed E-state index contributed by atoms with van der Waals surface area (Å²) in [6, 6.07) is 25.1. The van der Waals surface area contributed by atoms with Crippen LogP contribution in [0, 0.1) is 0 Å². The van der Waals surface area contributed by atoms with E-state index in [1.165, 1.54) is 53.4 Å². The number of aryl methyl sites for hydroxylation is 1. The van der Waals surface area contributed by atoms with Gasteiger partial charge < -0.3 is 4.57 Å².